The van der Waals surface area contributed by atoms with Crippen LogP contribution in [-0.4, -0.2) is 41.6 Å². The maximum Gasteiger partial charge on any atom is 0.250 e. The van der Waals surface area contributed by atoms with E-state index < -0.39 is 6.10 Å². The average Bonchev–Trinajstić information content (AvgIpc) is 2.71. The van der Waals surface area contributed by atoms with Crippen molar-refractivity contribution in [1.82, 2.24) is 4.90 Å². The van der Waals surface area contributed by atoms with E-state index in [1.54, 1.807) is 0 Å². The summed E-state index contributed by atoms with van der Waals surface area (Å²) in [6, 6.07) is 17.7. The first-order valence-electron chi connectivity index (χ1n) is 9.66. The first kappa shape index (κ1) is 20.8. The minimum absolute atomic E-state index is 0.0635. The van der Waals surface area contributed by atoms with E-state index in [9.17, 15) is 9.90 Å². The first-order chi connectivity index (χ1) is 13.5. The van der Waals surface area contributed by atoms with Gasteiger partial charge in [0.15, 0.2) is 0 Å². The van der Waals surface area contributed by atoms with E-state index in [0.29, 0.717) is 6.54 Å². The van der Waals surface area contributed by atoms with Crippen LogP contribution in [0.5, 0.6) is 0 Å². The van der Waals surface area contributed by atoms with Crippen LogP contribution in [0.4, 0.5) is 5.69 Å². The second-order valence-electron chi connectivity index (χ2n) is 7.41. The zero-order valence-electron chi connectivity index (χ0n) is 16.2. The Hall–Kier alpha value is -1.95. The highest BCUT2D eigenvalue weighted by atomic mass is 79.9. The number of β-amino-alcohol motifs (C(OH)–C–C–N with tert-alkyl or cyclic N) is 1. The van der Waals surface area contributed by atoms with E-state index in [2.05, 4.69) is 34.3 Å². The predicted molar refractivity (Wildman–Crippen MR) is 117 cm³/mol. The molecule has 0 radical (unpaired) electrons. The smallest absolute Gasteiger partial charge is 0.250 e. The Morgan fingerprint density at radius 1 is 1.29 bits per heavy atom. The number of aliphatic hydroxyl groups is 1. The van der Waals surface area contributed by atoms with Gasteiger partial charge in [0.2, 0.25) is 0 Å². The van der Waals surface area contributed by atoms with Gasteiger partial charge in [0, 0.05) is 35.8 Å². The quantitative estimate of drug-likeness (QED) is 0.673. The Morgan fingerprint density at radius 3 is 2.57 bits per heavy atom. The van der Waals surface area contributed by atoms with Gasteiger partial charge in [0.25, 0.3) is 5.91 Å². The summed E-state index contributed by atoms with van der Waals surface area (Å²) in [5, 5.41) is 10.6. The van der Waals surface area contributed by atoms with Crippen LogP contribution in [0.1, 0.15) is 25.0 Å². The van der Waals surface area contributed by atoms with Crippen LogP contribution in [0.3, 0.4) is 0 Å². The minimum Gasteiger partial charge on any atom is -0.387 e. The first-order valence-corrected chi connectivity index (χ1v) is 10.5. The van der Waals surface area contributed by atoms with Crippen molar-refractivity contribution in [3.63, 3.8) is 0 Å². The summed E-state index contributed by atoms with van der Waals surface area (Å²) in [7, 11) is 0. The highest BCUT2D eigenvalue weighted by molar-refractivity contribution is 9.10. The number of anilines is 1. The van der Waals surface area contributed by atoms with Gasteiger partial charge >= 0.3 is 0 Å². The SMILES string of the molecule is C=CC(=O)N(c1ccccc1)C1CCN(CC(O)c2ccc(Br)cc2)CC1C. The summed E-state index contributed by atoms with van der Waals surface area (Å²) >= 11 is 3.43. The molecule has 1 N–H and O–H groups in total. The molecule has 0 aromatic heterocycles. The van der Waals surface area contributed by atoms with Gasteiger partial charge < -0.3 is 10.0 Å². The molecule has 0 saturated carbocycles. The fraction of sp³-hybridized carbons (Fsp3) is 0.348. The Morgan fingerprint density at radius 2 is 1.96 bits per heavy atom. The maximum absolute atomic E-state index is 12.6. The summed E-state index contributed by atoms with van der Waals surface area (Å²) < 4.78 is 1.01. The molecule has 148 valence electrons. The van der Waals surface area contributed by atoms with Crippen LogP contribution in [-0.2, 0) is 4.79 Å². The normalized spacial score (nSPS) is 21.1. The number of piperidine rings is 1. The van der Waals surface area contributed by atoms with E-state index in [0.717, 1.165) is 35.2 Å². The number of aliphatic hydroxyl groups excluding tert-OH is 1. The van der Waals surface area contributed by atoms with Crippen molar-refractivity contribution >= 4 is 27.5 Å². The van der Waals surface area contributed by atoms with Crippen LogP contribution in [0.15, 0.2) is 71.7 Å². The second kappa shape index (κ2) is 9.50. The minimum atomic E-state index is -0.517. The molecule has 3 unspecified atom stereocenters. The zero-order valence-corrected chi connectivity index (χ0v) is 17.8. The van der Waals surface area contributed by atoms with E-state index in [1.165, 1.54) is 6.08 Å². The van der Waals surface area contributed by atoms with Crippen LogP contribution >= 0.6 is 15.9 Å². The number of benzene rings is 2. The lowest BCUT2D eigenvalue weighted by atomic mass is 9.91. The Labute approximate surface area is 175 Å². The number of nitrogens with zero attached hydrogens (tertiary/aromatic N) is 2. The van der Waals surface area contributed by atoms with Crippen molar-refractivity contribution in [3.8, 4) is 0 Å². The van der Waals surface area contributed by atoms with Crippen LogP contribution < -0.4 is 4.90 Å². The molecular formula is C23H27BrN2O2. The molecule has 1 saturated heterocycles. The average molecular weight is 443 g/mol. The number of para-hydroxylation sites is 1. The van der Waals surface area contributed by atoms with Gasteiger partial charge in [0.05, 0.1) is 6.10 Å². The molecule has 1 fully saturated rings. The van der Waals surface area contributed by atoms with Crippen molar-refractivity contribution in [2.75, 3.05) is 24.5 Å². The summed E-state index contributed by atoms with van der Waals surface area (Å²) in [6.45, 7) is 8.14. The number of carbonyl (C=O) groups excluding carboxylic acids is 1. The van der Waals surface area contributed by atoms with Crippen molar-refractivity contribution in [1.29, 1.82) is 0 Å². The lowest BCUT2D eigenvalue weighted by Crippen LogP contribution is -2.52. The molecule has 1 heterocycles. The number of likely N-dealkylation sites (tertiary alicyclic amines) is 1. The van der Waals surface area contributed by atoms with E-state index in [1.807, 2.05) is 59.5 Å². The molecule has 0 spiro atoms. The highest BCUT2D eigenvalue weighted by Crippen LogP contribution is 2.29. The third-order valence-electron chi connectivity index (χ3n) is 5.41. The number of hydrogen-bond donors (Lipinski definition) is 1. The molecule has 1 amide bonds. The van der Waals surface area contributed by atoms with Gasteiger partial charge in [-0.05, 0) is 48.2 Å². The highest BCUT2D eigenvalue weighted by Gasteiger charge is 2.33. The molecule has 4 nitrogen and oxygen atoms in total. The fourth-order valence-corrected chi connectivity index (χ4v) is 4.24. The van der Waals surface area contributed by atoms with Crippen LogP contribution in [0.2, 0.25) is 0 Å². The Balaban J connectivity index is 1.67. The second-order valence-corrected chi connectivity index (χ2v) is 8.32. The topological polar surface area (TPSA) is 43.8 Å². The van der Waals surface area contributed by atoms with Gasteiger partial charge in [-0.2, -0.15) is 0 Å². The molecule has 2 aromatic rings. The van der Waals surface area contributed by atoms with Gasteiger partial charge in [-0.3, -0.25) is 9.69 Å². The Kier molecular flexibility index (Phi) is 7.05. The molecule has 2 aromatic carbocycles. The number of carbonyl (C=O) groups is 1. The molecule has 0 aliphatic carbocycles. The van der Waals surface area contributed by atoms with Gasteiger partial charge in [0.1, 0.15) is 0 Å². The van der Waals surface area contributed by atoms with Gasteiger partial charge in [-0.1, -0.05) is 59.8 Å². The molecule has 28 heavy (non-hydrogen) atoms. The number of amides is 1. The number of hydrogen-bond acceptors (Lipinski definition) is 3. The fourth-order valence-electron chi connectivity index (χ4n) is 3.97. The molecular weight excluding hydrogens is 416 g/mol. The lowest BCUT2D eigenvalue weighted by molar-refractivity contribution is -0.115. The largest absolute Gasteiger partial charge is 0.387 e. The third-order valence-corrected chi connectivity index (χ3v) is 5.94. The molecule has 3 atom stereocenters. The molecule has 1 aliphatic heterocycles. The maximum atomic E-state index is 12.6. The summed E-state index contributed by atoms with van der Waals surface area (Å²) in [6.07, 6.45) is 1.74. The summed E-state index contributed by atoms with van der Waals surface area (Å²) in [5.74, 6) is 0.223. The lowest BCUT2D eigenvalue weighted by Gasteiger charge is -2.43. The van der Waals surface area contributed by atoms with Crippen molar-refractivity contribution in [2.45, 2.75) is 25.5 Å². The summed E-state index contributed by atoms with van der Waals surface area (Å²) in [5.41, 5.74) is 1.83. The van der Waals surface area contributed by atoms with Crippen molar-refractivity contribution in [3.05, 3.63) is 77.3 Å². The summed E-state index contributed by atoms with van der Waals surface area (Å²) in [4.78, 5) is 16.7. The predicted octanol–water partition coefficient (Wildman–Crippen LogP) is 4.41. The number of halogens is 1. The number of rotatable bonds is 6. The van der Waals surface area contributed by atoms with E-state index in [-0.39, 0.29) is 17.9 Å². The van der Waals surface area contributed by atoms with Gasteiger partial charge in [-0.15, -0.1) is 0 Å². The Bertz CT molecular complexity index is 794. The zero-order chi connectivity index (χ0) is 20.1. The van der Waals surface area contributed by atoms with Crippen molar-refractivity contribution in [2.24, 2.45) is 5.92 Å². The van der Waals surface area contributed by atoms with Crippen LogP contribution in [0, 0.1) is 5.92 Å². The van der Waals surface area contributed by atoms with E-state index in [4.69, 9.17) is 0 Å². The molecule has 3 rings (SSSR count). The standard InChI is InChI=1S/C23H27BrN2O2/c1-3-23(28)26(20-7-5-4-6-8-20)21-13-14-25(15-17(21)2)16-22(27)18-9-11-19(24)12-10-18/h3-12,17,21-22,27H,1,13-16H2,2H3. The van der Waals surface area contributed by atoms with Crippen LogP contribution in [0.25, 0.3) is 0 Å². The molecule has 1 aliphatic rings. The van der Waals surface area contributed by atoms with E-state index >= 15 is 0 Å². The molecule has 5 heteroatoms. The third kappa shape index (κ3) is 4.90. The van der Waals surface area contributed by atoms with Gasteiger partial charge in [-0.25, -0.2) is 0 Å². The monoisotopic (exact) mass is 442 g/mol. The van der Waals surface area contributed by atoms with Crippen molar-refractivity contribution < 1.29 is 9.90 Å². The molecule has 0 bridgehead atoms.